The van der Waals surface area contributed by atoms with Crippen LogP contribution in [-0.2, 0) is 10.0 Å². The van der Waals surface area contributed by atoms with Crippen molar-refractivity contribution in [2.24, 2.45) is 5.73 Å². The van der Waals surface area contributed by atoms with E-state index in [2.05, 4.69) is 14.9 Å². The van der Waals surface area contributed by atoms with E-state index >= 15 is 0 Å². The Morgan fingerprint density at radius 1 is 1.62 bits per heavy atom. The zero-order chi connectivity index (χ0) is 11.8. The Labute approximate surface area is 94.7 Å². The molecule has 16 heavy (non-hydrogen) atoms. The second-order valence-corrected chi connectivity index (χ2v) is 5.95. The van der Waals surface area contributed by atoms with Gasteiger partial charge in [0.15, 0.2) is 0 Å². The number of H-pyrrole nitrogens is 1. The summed E-state index contributed by atoms with van der Waals surface area (Å²) in [5, 5.41) is 6.33. The van der Waals surface area contributed by atoms with Crippen LogP contribution in [-0.4, -0.2) is 30.7 Å². The highest BCUT2D eigenvalue weighted by Gasteiger charge is 2.40. The molecule has 1 aliphatic rings. The number of aromatic amines is 1. The summed E-state index contributed by atoms with van der Waals surface area (Å²) in [6, 6.07) is 0. The normalized spacial score (nSPS) is 19.4. The Morgan fingerprint density at radius 2 is 2.31 bits per heavy atom. The number of nitrogens with two attached hydrogens (primary N) is 1. The Kier molecular flexibility index (Phi) is 2.77. The van der Waals surface area contributed by atoms with Crippen LogP contribution in [0.25, 0.3) is 0 Å². The number of rotatable bonds is 4. The number of nitrogens with one attached hydrogen (secondary N) is 2. The molecule has 2 rings (SSSR count). The van der Waals surface area contributed by atoms with Crippen molar-refractivity contribution < 1.29 is 8.42 Å². The average Bonchev–Trinajstić information content (AvgIpc) is 2.59. The molecule has 7 heteroatoms. The zero-order valence-corrected chi connectivity index (χ0v) is 9.97. The van der Waals surface area contributed by atoms with Gasteiger partial charge in [-0.2, -0.15) is 5.10 Å². The molecule has 1 heterocycles. The van der Waals surface area contributed by atoms with E-state index in [0.29, 0.717) is 12.2 Å². The molecule has 0 atom stereocenters. The van der Waals surface area contributed by atoms with Crippen molar-refractivity contribution >= 4 is 10.0 Å². The third kappa shape index (κ3) is 1.85. The summed E-state index contributed by atoms with van der Waals surface area (Å²) in [5.74, 6) is 0. The summed E-state index contributed by atoms with van der Waals surface area (Å²) >= 11 is 0. The number of nitrogens with zero attached hydrogens (tertiary/aromatic N) is 1. The monoisotopic (exact) mass is 244 g/mol. The maximum atomic E-state index is 12.1. The molecule has 1 aromatic heterocycles. The summed E-state index contributed by atoms with van der Waals surface area (Å²) in [6.07, 6.45) is 3.95. The van der Waals surface area contributed by atoms with Gasteiger partial charge in [-0.25, -0.2) is 13.1 Å². The van der Waals surface area contributed by atoms with Gasteiger partial charge in [0.25, 0.3) is 0 Å². The highest BCUT2D eigenvalue weighted by atomic mass is 32.2. The molecule has 0 aliphatic heterocycles. The van der Waals surface area contributed by atoms with Crippen molar-refractivity contribution in [2.75, 3.05) is 6.54 Å². The van der Waals surface area contributed by atoms with E-state index in [9.17, 15) is 8.42 Å². The molecular formula is C9H16N4O2S. The highest BCUT2D eigenvalue weighted by Crippen LogP contribution is 2.32. The van der Waals surface area contributed by atoms with E-state index < -0.39 is 15.6 Å². The van der Waals surface area contributed by atoms with Gasteiger partial charge < -0.3 is 5.73 Å². The largest absolute Gasteiger partial charge is 0.329 e. The third-order valence-electron chi connectivity index (χ3n) is 3.13. The van der Waals surface area contributed by atoms with Crippen LogP contribution in [0.2, 0.25) is 0 Å². The first-order valence-corrected chi connectivity index (χ1v) is 6.71. The van der Waals surface area contributed by atoms with Crippen LogP contribution >= 0.6 is 0 Å². The van der Waals surface area contributed by atoms with Gasteiger partial charge in [0, 0.05) is 12.1 Å². The summed E-state index contributed by atoms with van der Waals surface area (Å²) in [4.78, 5) is 0.201. The van der Waals surface area contributed by atoms with Crippen LogP contribution in [0.4, 0.5) is 0 Å². The van der Waals surface area contributed by atoms with Crippen molar-refractivity contribution in [1.82, 2.24) is 14.9 Å². The fraction of sp³-hybridized carbons (Fsp3) is 0.667. The molecule has 0 saturated heterocycles. The minimum Gasteiger partial charge on any atom is -0.329 e. The number of sulfonamides is 1. The van der Waals surface area contributed by atoms with Gasteiger partial charge in [-0.05, 0) is 26.2 Å². The molecule has 0 amide bonds. The molecule has 0 radical (unpaired) electrons. The molecule has 0 spiro atoms. The average molecular weight is 244 g/mol. The molecular weight excluding hydrogens is 228 g/mol. The molecule has 4 N–H and O–H groups in total. The van der Waals surface area contributed by atoms with E-state index in [1.54, 1.807) is 6.92 Å². The highest BCUT2D eigenvalue weighted by molar-refractivity contribution is 7.89. The van der Waals surface area contributed by atoms with Crippen LogP contribution in [0, 0.1) is 6.92 Å². The lowest BCUT2D eigenvalue weighted by Gasteiger charge is -2.41. The van der Waals surface area contributed by atoms with Gasteiger partial charge in [-0.1, -0.05) is 0 Å². The molecule has 0 unspecified atom stereocenters. The molecule has 1 aromatic rings. The maximum Gasteiger partial charge on any atom is 0.244 e. The van der Waals surface area contributed by atoms with Gasteiger partial charge in [-0.15, -0.1) is 0 Å². The smallest absolute Gasteiger partial charge is 0.244 e. The van der Waals surface area contributed by atoms with Gasteiger partial charge in [-0.3, -0.25) is 5.10 Å². The Balaban J connectivity index is 2.24. The summed E-state index contributed by atoms with van der Waals surface area (Å²) in [5.41, 5.74) is 5.72. The number of aryl methyl sites for hydroxylation is 1. The molecule has 0 aromatic carbocycles. The van der Waals surface area contributed by atoms with E-state index in [0.717, 1.165) is 19.3 Å². The summed E-state index contributed by atoms with van der Waals surface area (Å²) < 4.78 is 26.8. The Hall–Kier alpha value is -0.920. The lowest BCUT2D eigenvalue weighted by Crippen LogP contribution is -2.58. The Morgan fingerprint density at radius 3 is 2.69 bits per heavy atom. The fourth-order valence-electron chi connectivity index (χ4n) is 1.90. The maximum absolute atomic E-state index is 12.1. The predicted molar refractivity (Wildman–Crippen MR) is 59.3 cm³/mol. The standard InChI is InChI=1S/C9H16N4O2S/c1-7-8(5-11-12-7)16(14,15)13-9(6-10)3-2-4-9/h5,13H,2-4,6,10H2,1H3,(H,11,12). The molecule has 90 valence electrons. The predicted octanol–water partition coefficient (Wildman–Crippen LogP) is -0.122. The van der Waals surface area contributed by atoms with Crippen LogP contribution in [0.3, 0.4) is 0 Å². The fourth-order valence-corrected chi connectivity index (χ4v) is 3.51. The van der Waals surface area contributed by atoms with Crippen molar-refractivity contribution in [2.45, 2.75) is 36.6 Å². The van der Waals surface area contributed by atoms with Gasteiger partial charge in [0.2, 0.25) is 10.0 Å². The van der Waals surface area contributed by atoms with E-state index in [4.69, 9.17) is 5.73 Å². The Bertz CT molecular complexity index is 470. The molecule has 0 bridgehead atoms. The molecule has 6 nitrogen and oxygen atoms in total. The number of aromatic nitrogens is 2. The van der Waals surface area contributed by atoms with Gasteiger partial charge >= 0.3 is 0 Å². The lowest BCUT2D eigenvalue weighted by molar-refractivity contribution is 0.230. The van der Waals surface area contributed by atoms with Crippen molar-refractivity contribution in [3.8, 4) is 0 Å². The van der Waals surface area contributed by atoms with Crippen LogP contribution in [0.15, 0.2) is 11.1 Å². The first-order chi connectivity index (χ1) is 7.49. The van der Waals surface area contributed by atoms with E-state index in [-0.39, 0.29) is 4.90 Å². The minimum atomic E-state index is -3.50. The quantitative estimate of drug-likeness (QED) is 0.687. The minimum absolute atomic E-state index is 0.201. The van der Waals surface area contributed by atoms with E-state index in [1.807, 2.05) is 0 Å². The number of hydrogen-bond donors (Lipinski definition) is 3. The van der Waals surface area contributed by atoms with Crippen molar-refractivity contribution in [3.05, 3.63) is 11.9 Å². The van der Waals surface area contributed by atoms with Gasteiger partial charge in [0.1, 0.15) is 4.90 Å². The number of hydrogen-bond acceptors (Lipinski definition) is 4. The van der Waals surface area contributed by atoms with E-state index in [1.165, 1.54) is 6.20 Å². The SMILES string of the molecule is Cc1[nH]ncc1S(=O)(=O)NC1(CN)CCC1. The van der Waals surface area contributed by atoms with Crippen LogP contribution in [0.5, 0.6) is 0 Å². The summed E-state index contributed by atoms with van der Waals surface area (Å²) in [7, 11) is -3.50. The van der Waals surface area contributed by atoms with Crippen molar-refractivity contribution in [3.63, 3.8) is 0 Å². The molecule has 1 fully saturated rings. The zero-order valence-electron chi connectivity index (χ0n) is 9.16. The van der Waals surface area contributed by atoms with Crippen molar-refractivity contribution in [1.29, 1.82) is 0 Å². The van der Waals surface area contributed by atoms with Crippen LogP contribution < -0.4 is 10.5 Å². The topological polar surface area (TPSA) is 101 Å². The molecule has 1 saturated carbocycles. The second kappa shape index (κ2) is 3.83. The lowest BCUT2D eigenvalue weighted by atomic mass is 9.78. The van der Waals surface area contributed by atoms with Crippen LogP contribution in [0.1, 0.15) is 25.0 Å². The molecule has 1 aliphatic carbocycles. The summed E-state index contributed by atoms with van der Waals surface area (Å²) in [6.45, 7) is 2.01. The second-order valence-electron chi connectivity index (χ2n) is 4.30. The third-order valence-corrected chi connectivity index (χ3v) is 4.82. The first kappa shape index (κ1) is 11.6. The first-order valence-electron chi connectivity index (χ1n) is 5.23. The van der Waals surface area contributed by atoms with Gasteiger partial charge in [0.05, 0.1) is 11.9 Å².